The molecule has 0 radical (unpaired) electrons. The minimum Gasteiger partial charge on any atom is -0.490 e. The second-order valence-corrected chi connectivity index (χ2v) is 15.8. The maximum absolute atomic E-state index is 15.0. The fourth-order valence-electron chi connectivity index (χ4n) is 9.39. The summed E-state index contributed by atoms with van der Waals surface area (Å²) in [5.41, 5.74) is 3.30. The van der Waals surface area contributed by atoms with Gasteiger partial charge in [0.2, 0.25) is 12.1 Å². The molecule has 1 saturated carbocycles. The van der Waals surface area contributed by atoms with Crippen LogP contribution in [0.5, 0.6) is 11.5 Å². The molecule has 2 aliphatic carbocycles. The molecule has 2 aliphatic heterocycles. The molecule has 2 heterocycles. The molecule has 0 spiro atoms. The number of ether oxygens (including phenoxy) is 5. The topological polar surface area (TPSA) is 173 Å². The Morgan fingerprint density at radius 1 is 0.983 bits per heavy atom. The third-order valence-electron chi connectivity index (χ3n) is 12.0. The number of hydrogen-bond donors (Lipinski definition) is 3. The van der Waals surface area contributed by atoms with E-state index in [1.54, 1.807) is 41.3 Å². The van der Waals surface area contributed by atoms with Crippen LogP contribution in [0.15, 0.2) is 84.6 Å². The first kappa shape index (κ1) is 45.0. The molecule has 1 unspecified atom stereocenters. The Bertz CT molecular complexity index is 1840. The van der Waals surface area contributed by atoms with Crippen LogP contribution in [0.25, 0.3) is 0 Å². The maximum Gasteiger partial charge on any atom is 0.254 e. The fraction of sp³-hybridized carbons (Fsp3) is 0.553. The van der Waals surface area contributed by atoms with E-state index in [4.69, 9.17) is 33.7 Å². The summed E-state index contributed by atoms with van der Waals surface area (Å²) in [6.45, 7) is 9.19. The number of rotatable bonds is 23. The van der Waals surface area contributed by atoms with Crippen LogP contribution < -0.4 is 9.47 Å². The molecular formula is C47H61N3O10. The molecule has 3 N–H and O–H groups in total. The van der Waals surface area contributed by atoms with Crippen molar-refractivity contribution in [3.63, 3.8) is 0 Å². The Morgan fingerprint density at radius 3 is 2.47 bits per heavy atom. The molecule has 0 aromatic heterocycles. The molecule has 1 saturated heterocycles. The van der Waals surface area contributed by atoms with Gasteiger partial charge >= 0.3 is 0 Å². The average Bonchev–Trinajstić information content (AvgIpc) is 3.28. The van der Waals surface area contributed by atoms with Crippen molar-refractivity contribution in [2.75, 3.05) is 59.4 Å². The molecule has 7 atom stereocenters. The van der Waals surface area contributed by atoms with E-state index in [1.165, 1.54) is 0 Å². The number of hydrogen-bond acceptors (Lipinski definition) is 12. The summed E-state index contributed by atoms with van der Waals surface area (Å²) < 4.78 is 32.3. The zero-order valence-electron chi connectivity index (χ0n) is 34.6. The standard InChI is InChI=1S/C47H61N3O10/c1-3-24-56-36-18-19-41-39(30-36)44-37(12-6-9-22-52)35(11-5-8-21-51)29-38-40(49-60-43-13-7-10-26-57-43)31-42(47(59-41,45(38)44)58-25-4-2)50(20-27-55-28-23-53)46(54)34-16-14-33(32-48)15-17-34/h3-4,14-19,29-30,35,37,42-45,51-53H,1-2,5-13,20-28,31H2/t35-,37+,42-,43?,44+,45+,47+/m0/s1. The number of carbonyl (C=O) groups is 1. The minimum atomic E-state index is -1.48. The maximum atomic E-state index is 15.0. The Labute approximate surface area is 353 Å². The van der Waals surface area contributed by atoms with Gasteiger partial charge in [0.25, 0.3) is 5.91 Å². The smallest absolute Gasteiger partial charge is 0.254 e. The number of aliphatic hydroxyl groups is 3. The Morgan fingerprint density at radius 2 is 1.77 bits per heavy atom. The van der Waals surface area contributed by atoms with Crippen LogP contribution in [0.3, 0.4) is 0 Å². The number of aliphatic hydroxyl groups excluding tert-OH is 3. The first-order valence-electron chi connectivity index (χ1n) is 21.5. The van der Waals surface area contributed by atoms with Gasteiger partial charge in [-0.2, -0.15) is 5.26 Å². The van der Waals surface area contributed by atoms with E-state index in [1.807, 2.05) is 18.2 Å². The second kappa shape index (κ2) is 22.3. The van der Waals surface area contributed by atoms with Gasteiger partial charge in [-0.3, -0.25) is 4.79 Å². The first-order chi connectivity index (χ1) is 29.4. The van der Waals surface area contributed by atoms with E-state index in [9.17, 15) is 20.6 Å². The van der Waals surface area contributed by atoms with E-state index >= 15 is 4.79 Å². The van der Waals surface area contributed by atoms with Crippen molar-refractivity contribution in [2.24, 2.45) is 22.9 Å². The lowest BCUT2D eigenvalue weighted by Gasteiger charge is -2.60. The zero-order chi connectivity index (χ0) is 42.3. The highest BCUT2D eigenvalue weighted by molar-refractivity contribution is 6.03. The zero-order valence-corrected chi connectivity index (χ0v) is 34.6. The van der Waals surface area contributed by atoms with Gasteiger partial charge < -0.3 is 48.7 Å². The fourth-order valence-corrected chi connectivity index (χ4v) is 9.39. The first-order valence-corrected chi connectivity index (χ1v) is 21.5. The molecule has 13 heteroatoms. The molecule has 2 fully saturated rings. The van der Waals surface area contributed by atoms with E-state index in [2.05, 4.69) is 25.3 Å². The van der Waals surface area contributed by atoms with Crippen molar-refractivity contribution >= 4 is 11.6 Å². The Balaban J connectivity index is 1.59. The lowest BCUT2D eigenvalue weighted by Crippen LogP contribution is -2.70. The van der Waals surface area contributed by atoms with E-state index in [0.717, 1.165) is 49.7 Å². The largest absolute Gasteiger partial charge is 0.490 e. The van der Waals surface area contributed by atoms with E-state index in [-0.39, 0.29) is 76.3 Å². The van der Waals surface area contributed by atoms with Gasteiger partial charge in [0, 0.05) is 49.6 Å². The second-order valence-electron chi connectivity index (χ2n) is 15.8. The van der Waals surface area contributed by atoms with Crippen LogP contribution in [-0.2, 0) is 19.0 Å². The predicted octanol–water partition coefficient (Wildman–Crippen LogP) is 6.43. The third kappa shape index (κ3) is 10.3. The van der Waals surface area contributed by atoms with Crippen LogP contribution in [0.2, 0.25) is 0 Å². The molecule has 4 aliphatic rings. The highest BCUT2D eigenvalue weighted by atomic mass is 16.8. The summed E-state index contributed by atoms with van der Waals surface area (Å²) in [5, 5.41) is 43.9. The van der Waals surface area contributed by atoms with Gasteiger partial charge in [-0.25, -0.2) is 0 Å². The molecule has 1 amide bonds. The van der Waals surface area contributed by atoms with Crippen molar-refractivity contribution in [3.05, 3.63) is 96.1 Å². The SMILES string of the molecule is C=CCOc1ccc2c(c1)[C@H]1[C@H](CCCCO)[C@@H](CCCCO)C=C3C(=NOC4CCCCO4)C[C@H](N(CCOCCO)C(=O)c4ccc(C#N)cc4)[C@@](OCC=C)(O2)[C@H]31. The van der Waals surface area contributed by atoms with Crippen LogP contribution >= 0.6 is 0 Å². The molecule has 2 aromatic rings. The van der Waals surface area contributed by atoms with Gasteiger partial charge in [-0.15, -0.1) is 6.58 Å². The highest BCUT2D eigenvalue weighted by Crippen LogP contribution is 2.62. The lowest BCUT2D eigenvalue weighted by molar-refractivity contribution is -0.255. The number of carbonyl (C=O) groups excluding carboxylic acids is 1. The average molecular weight is 828 g/mol. The lowest BCUT2D eigenvalue weighted by atomic mass is 9.55. The molecular weight excluding hydrogens is 767 g/mol. The number of benzene rings is 2. The number of fused-ring (bicyclic) bond motifs is 2. The van der Waals surface area contributed by atoms with Crippen molar-refractivity contribution in [3.8, 4) is 17.6 Å². The van der Waals surface area contributed by atoms with Gasteiger partial charge in [-0.1, -0.05) is 42.8 Å². The molecule has 324 valence electrons. The van der Waals surface area contributed by atoms with Crippen molar-refractivity contribution in [1.82, 2.24) is 4.90 Å². The summed E-state index contributed by atoms with van der Waals surface area (Å²) >= 11 is 0. The Hall–Kier alpha value is -4.55. The quantitative estimate of drug-likeness (QED) is 0.0640. The molecule has 13 nitrogen and oxygen atoms in total. The van der Waals surface area contributed by atoms with Crippen molar-refractivity contribution in [1.29, 1.82) is 5.26 Å². The summed E-state index contributed by atoms with van der Waals surface area (Å²) in [6.07, 6.45) is 12.5. The minimum absolute atomic E-state index is 0.0335. The van der Waals surface area contributed by atoms with Crippen LogP contribution in [0, 0.1) is 29.1 Å². The summed E-state index contributed by atoms with van der Waals surface area (Å²) in [7, 11) is 0. The van der Waals surface area contributed by atoms with Crippen LogP contribution in [0.1, 0.15) is 91.6 Å². The molecule has 6 rings (SSSR count). The van der Waals surface area contributed by atoms with Gasteiger partial charge in [0.1, 0.15) is 24.1 Å². The number of nitriles is 1. The third-order valence-corrected chi connectivity index (χ3v) is 12.0. The number of nitrogens with zero attached hydrogens (tertiary/aromatic N) is 3. The number of unbranched alkanes of at least 4 members (excludes halogenated alkanes) is 2. The summed E-state index contributed by atoms with van der Waals surface area (Å²) in [5.74, 6) is -1.19. The molecule has 2 aromatic carbocycles. The normalized spacial score (nSPS) is 26.1. The van der Waals surface area contributed by atoms with Gasteiger partial charge in [-0.05, 0) is 98.4 Å². The van der Waals surface area contributed by atoms with Crippen molar-refractivity contribution < 1.29 is 48.6 Å². The molecule has 0 bridgehead atoms. The van der Waals surface area contributed by atoms with Crippen LogP contribution in [0.4, 0.5) is 0 Å². The van der Waals surface area contributed by atoms with Crippen molar-refractivity contribution in [2.45, 2.75) is 88.2 Å². The highest BCUT2D eigenvalue weighted by Gasteiger charge is 2.65. The van der Waals surface area contributed by atoms with Gasteiger partial charge in [0.15, 0.2) is 0 Å². The Kier molecular flexibility index (Phi) is 16.7. The van der Waals surface area contributed by atoms with E-state index in [0.29, 0.717) is 60.8 Å². The summed E-state index contributed by atoms with van der Waals surface area (Å²) in [4.78, 5) is 23.0. The van der Waals surface area contributed by atoms with E-state index < -0.39 is 24.0 Å². The predicted molar refractivity (Wildman–Crippen MR) is 225 cm³/mol. The number of oxime groups is 1. The van der Waals surface area contributed by atoms with Gasteiger partial charge in [0.05, 0.1) is 56.3 Å². The monoisotopic (exact) mass is 827 g/mol. The summed E-state index contributed by atoms with van der Waals surface area (Å²) in [6, 6.07) is 13.7. The number of amides is 1. The number of allylic oxidation sites excluding steroid dienone is 1. The molecule has 60 heavy (non-hydrogen) atoms. The van der Waals surface area contributed by atoms with Crippen LogP contribution in [-0.4, -0.2) is 109 Å².